The van der Waals surface area contributed by atoms with Gasteiger partial charge in [0.15, 0.2) is 5.65 Å². The van der Waals surface area contributed by atoms with Crippen molar-refractivity contribution in [1.29, 1.82) is 0 Å². The molecule has 0 aromatic carbocycles. The van der Waals surface area contributed by atoms with Crippen molar-refractivity contribution in [2.75, 3.05) is 25.0 Å². The molecule has 5 heteroatoms. The van der Waals surface area contributed by atoms with Gasteiger partial charge in [-0.3, -0.25) is 0 Å². The number of hydrogen-bond donors (Lipinski definition) is 2. The Balaban J connectivity index is 1.67. The zero-order chi connectivity index (χ0) is 12.4. The molecule has 1 aliphatic heterocycles. The maximum Gasteiger partial charge on any atom is 0.243 e. The van der Waals surface area contributed by atoms with E-state index < -0.39 is 0 Å². The smallest absolute Gasteiger partial charge is 0.243 e. The number of rotatable bonds is 3. The molecule has 3 heterocycles. The minimum Gasteiger partial charge on any atom is -0.353 e. The first kappa shape index (κ1) is 11.5. The maximum absolute atomic E-state index is 4.46. The lowest BCUT2D eigenvalue weighted by molar-refractivity contribution is 0.392. The summed E-state index contributed by atoms with van der Waals surface area (Å²) in [7, 11) is 0. The lowest BCUT2D eigenvalue weighted by Gasteiger charge is -2.22. The fraction of sp³-hybridized carbons (Fsp3) is 0.538. The van der Waals surface area contributed by atoms with E-state index in [2.05, 4.69) is 33.7 Å². The summed E-state index contributed by atoms with van der Waals surface area (Å²) in [6.45, 7) is 5.26. The molecule has 1 saturated heterocycles. The Labute approximate surface area is 107 Å². The van der Waals surface area contributed by atoms with Gasteiger partial charge < -0.3 is 10.6 Å². The van der Waals surface area contributed by atoms with Gasteiger partial charge in [0.2, 0.25) is 5.95 Å². The van der Waals surface area contributed by atoms with E-state index in [-0.39, 0.29) is 0 Å². The highest BCUT2D eigenvalue weighted by Crippen LogP contribution is 2.12. The number of fused-ring (bicyclic) bond motifs is 1. The van der Waals surface area contributed by atoms with Gasteiger partial charge in [-0.15, -0.1) is 5.10 Å². The Bertz CT molecular complexity index is 527. The molecular weight excluding hydrogens is 226 g/mol. The highest BCUT2D eigenvalue weighted by atomic mass is 15.3. The van der Waals surface area contributed by atoms with Crippen molar-refractivity contribution in [2.45, 2.75) is 19.8 Å². The van der Waals surface area contributed by atoms with Gasteiger partial charge in [0, 0.05) is 12.7 Å². The number of nitrogens with zero attached hydrogens (tertiary/aromatic N) is 3. The zero-order valence-electron chi connectivity index (χ0n) is 10.7. The summed E-state index contributed by atoms with van der Waals surface area (Å²) in [4.78, 5) is 4.46. The summed E-state index contributed by atoms with van der Waals surface area (Å²) in [5.74, 6) is 1.42. The monoisotopic (exact) mass is 245 g/mol. The van der Waals surface area contributed by atoms with Crippen LogP contribution in [0.15, 0.2) is 18.3 Å². The minimum atomic E-state index is 0.687. The molecule has 0 spiro atoms. The largest absolute Gasteiger partial charge is 0.353 e. The van der Waals surface area contributed by atoms with Crippen LogP contribution in [0, 0.1) is 12.8 Å². The molecule has 2 N–H and O–H groups in total. The van der Waals surface area contributed by atoms with E-state index in [1.807, 2.05) is 16.8 Å². The molecule has 0 saturated carbocycles. The van der Waals surface area contributed by atoms with Gasteiger partial charge in [-0.05, 0) is 50.4 Å². The van der Waals surface area contributed by atoms with Crippen LogP contribution in [0.3, 0.4) is 0 Å². The van der Waals surface area contributed by atoms with Crippen LogP contribution in [0.1, 0.15) is 18.4 Å². The number of hydrogen-bond acceptors (Lipinski definition) is 4. The van der Waals surface area contributed by atoms with E-state index in [9.17, 15) is 0 Å². The standard InChI is InChI=1S/C13H19N5/c1-10-4-5-12-16-13(17-18(12)9-10)15-8-11-3-2-6-14-7-11/h4-5,9,11,14H,2-3,6-8H2,1H3,(H,15,17). The summed E-state index contributed by atoms with van der Waals surface area (Å²) in [5.41, 5.74) is 2.08. The third kappa shape index (κ3) is 2.46. The Morgan fingerprint density at radius 2 is 2.44 bits per heavy atom. The minimum absolute atomic E-state index is 0.687. The average molecular weight is 245 g/mol. The van der Waals surface area contributed by atoms with Crippen LogP contribution in [0.2, 0.25) is 0 Å². The summed E-state index contributed by atoms with van der Waals surface area (Å²) >= 11 is 0. The zero-order valence-corrected chi connectivity index (χ0v) is 10.7. The Kier molecular flexibility index (Phi) is 3.15. The van der Waals surface area contributed by atoms with Crippen molar-refractivity contribution < 1.29 is 0 Å². The summed E-state index contributed by atoms with van der Waals surface area (Å²) in [6, 6.07) is 4.05. The second-order valence-electron chi connectivity index (χ2n) is 5.04. The Morgan fingerprint density at radius 1 is 1.50 bits per heavy atom. The molecule has 96 valence electrons. The van der Waals surface area contributed by atoms with Crippen LogP contribution in [0.5, 0.6) is 0 Å². The second kappa shape index (κ2) is 4.94. The SMILES string of the molecule is Cc1ccc2nc(NCC3CCCNC3)nn2c1. The molecule has 3 rings (SSSR count). The first-order valence-electron chi connectivity index (χ1n) is 6.59. The average Bonchev–Trinajstić information content (AvgIpc) is 2.79. The molecule has 0 radical (unpaired) electrons. The van der Waals surface area contributed by atoms with E-state index in [4.69, 9.17) is 0 Å². The predicted molar refractivity (Wildman–Crippen MR) is 71.8 cm³/mol. The quantitative estimate of drug-likeness (QED) is 0.859. The van der Waals surface area contributed by atoms with Gasteiger partial charge in [-0.2, -0.15) is 4.98 Å². The topological polar surface area (TPSA) is 54.2 Å². The van der Waals surface area contributed by atoms with Gasteiger partial charge in [0.1, 0.15) is 0 Å². The summed E-state index contributed by atoms with van der Waals surface area (Å²) in [5, 5.41) is 11.2. The normalized spacial score (nSPS) is 20.2. The molecule has 1 fully saturated rings. The van der Waals surface area contributed by atoms with Crippen molar-refractivity contribution >= 4 is 11.6 Å². The van der Waals surface area contributed by atoms with Crippen LogP contribution >= 0.6 is 0 Å². The highest BCUT2D eigenvalue weighted by Gasteiger charge is 2.13. The van der Waals surface area contributed by atoms with Crippen molar-refractivity contribution in [3.8, 4) is 0 Å². The van der Waals surface area contributed by atoms with E-state index in [1.54, 1.807) is 0 Å². The summed E-state index contributed by atoms with van der Waals surface area (Å²) < 4.78 is 1.83. The van der Waals surface area contributed by atoms with Crippen molar-refractivity contribution in [1.82, 2.24) is 19.9 Å². The molecule has 0 aliphatic carbocycles. The molecule has 1 unspecified atom stereocenters. The van der Waals surface area contributed by atoms with E-state index in [0.717, 1.165) is 31.2 Å². The third-order valence-corrected chi connectivity index (χ3v) is 3.43. The van der Waals surface area contributed by atoms with E-state index in [1.165, 1.54) is 18.4 Å². The lowest BCUT2D eigenvalue weighted by Crippen LogP contribution is -2.33. The van der Waals surface area contributed by atoms with Crippen LogP contribution < -0.4 is 10.6 Å². The number of aromatic nitrogens is 3. The van der Waals surface area contributed by atoms with Crippen LogP contribution in [-0.2, 0) is 0 Å². The Morgan fingerprint density at radius 3 is 3.28 bits per heavy atom. The number of anilines is 1. The van der Waals surface area contributed by atoms with Crippen LogP contribution in [0.4, 0.5) is 5.95 Å². The summed E-state index contributed by atoms with van der Waals surface area (Å²) in [6.07, 6.45) is 4.55. The van der Waals surface area contributed by atoms with Crippen molar-refractivity contribution in [3.05, 3.63) is 23.9 Å². The molecule has 2 aromatic heterocycles. The molecule has 0 bridgehead atoms. The molecule has 5 nitrogen and oxygen atoms in total. The lowest BCUT2D eigenvalue weighted by atomic mass is 10.00. The first-order chi connectivity index (χ1) is 8.81. The second-order valence-corrected chi connectivity index (χ2v) is 5.04. The molecule has 2 aromatic rings. The van der Waals surface area contributed by atoms with Gasteiger partial charge in [0.05, 0.1) is 0 Å². The van der Waals surface area contributed by atoms with Crippen LogP contribution in [0.25, 0.3) is 5.65 Å². The number of pyridine rings is 1. The third-order valence-electron chi connectivity index (χ3n) is 3.43. The van der Waals surface area contributed by atoms with Gasteiger partial charge in [0.25, 0.3) is 0 Å². The van der Waals surface area contributed by atoms with Crippen molar-refractivity contribution in [2.24, 2.45) is 5.92 Å². The first-order valence-corrected chi connectivity index (χ1v) is 6.59. The van der Waals surface area contributed by atoms with Gasteiger partial charge in [-0.1, -0.05) is 6.07 Å². The van der Waals surface area contributed by atoms with Gasteiger partial charge in [-0.25, -0.2) is 4.52 Å². The molecular formula is C13H19N5. The van der Waals surface area contributed by atoms with E-state index >= 15 is 0 Å². The predicted octanol–water partition coefficient (Wildman–Crippen LogP) is 1.45. The molecule has 1 atom stereocenters. The Hall–Kier alpha value is -1.62. The molecule has 1 aliphatic rings. The number of piperidine rings is 1. The number of aryl methyl sites for hydroxylation is 1. The molecule has 0 amide bonds. The van der Waals surface area contributed by atoms with Crippen LogP contribution in [-0.4, -0.2) is 34.2 Å². The maximum atomic E-state index is 4.46. The molecule has 18 heavy (non-hydrogen) atoms. The van der Waals surface area contributed by atoms with E-state index in [0.29, 0.717) is 5.92 Å². The van der Waals surface area contributed by atoms with Crippen molar-refractivity contribution in [3.63, 3.8) is 0 Å². The fourth-order valence-corrected chi connectivity index (χ4v) is 2.39. The fourth-order valence-electron chi connectivity index (χ4n) is 2.39. The highest BCUT2D eigenvalue weighted by molar-refractivity contribution is 5.44. The number of nitrogens with one attached hydrogen (secondary N) is 2. The van der Waals surface area contributed by atoms with Gasteiger partial charge >= 0.3 is 0 Å².